The molecule has 0 radical (unpaired) electrons. The molecule has 384 valence electrons. The molecular weight excluding hydrogens is 873 g/mol. The number of carboxylic acid groups (broad SMARTS) is 2. The molecule has 0 saturated heterocycles. The van der Waals surface area contributed by atoms with E-state index in [1.807, 2.05) is 27.7 Å². The number of amides is 6. The maximum Gasteiger partial charge on any atom is 0.305 e. The number of aliphatic carboxylic acids is 2. The van der Waals surface area contributed by atoms with Gasteiger partial charge in [0.05, 0.1) is 30.1 Å². The lowest BCUT2D eigenvalue weighted by Crippen LogP contribution is -2.50. The number of aldehydes is 2. The minimum absolute atomic E-state index is 0. The van der Waals surface area contributed by atoms with E-state index in [4.69, 9.17) is 16.6 Å². The molecule has 0 saturated carbocycles. The van der Waals surface area contributed by atoms with Crippen LogP contribution in [0.1, 0.15) is 139 Å². The molecule has 0 bridgehead atoms. The Hall–Kier alpha value is -6.22. The standard InChI is InChI=1S/2C22H39N5O6.CH4/c2*1-5-16(12-21(31)32)25-19(29)8-9-20(30)27-18(11-14(2)3)22(33)26-17(13-28)7-6-10-24-15(4)23;/h2*13-14,16-18,24H,4-12,23H2,1-3H3,(H,25,29)(H,26,33)(H,27,30)(H,31,32);1H4/p-1. The second-order valence-corrected chi connectivity index (χ2v) is 16.7. The Labute approximate surface area is 396 Å². The van der Waals surface area contributed by atoms with Crippen molar-refractivity contribution >= 4 is 60.0 Å². The molecule has 0 rings (SSSR count). The fourth-order valence-corrected chi connectivity index (χ4v) is 6.06. The van der Waals surface area contributed by atoms with Crippen molar-refractivity contribution in [2.75, 3.05) is 13.1 Å². The van der Waals surface area contributed by atoms with Crippen LogP contribution in [0.15, 0.2) is 24.8 Å². The number of hydrogen-bond donors (Lipinski definition) is 11. The predicted molar refractivity (Wildman–Crippen MR) is 251 cm³/mol. The molecule has 0 aliphatic heterocycles. The summed E-state index contributed by atoms with van der Waals surface area (Å²) >= 11 is 0. The van der Waals surface area contributed by atoms with Gasteiger partial charge in [-0.05, 0) is 63.2 Å². The van der Waals surface area contributed by atoms with Crippen molar-refractivity contribution in [2.45, 2.75) is 175 Å². The van der Waals surface area contributed by atoms with E-state index in [1.54, 1.807) is 13.8 Å². The van der Waals surface area contributed by atoms with Gasteiger partial charge in [-0.1, -0.05) is 62.1 Å². The van der Waals surface area contributed by atoms with Crippen molar-refractivity contribution in [3.05, 3.63) is 24.8 Å². The lowest BCUT2D eigenvalue weighted by Gasteiger charge is -2.22. The zero-order chi connectivity index (χ0) is 50.8. The first-order chi connectivity index (χ1) is 31.0. The Morgan fingerprint density at radius 3 is 1.18 bits per heavy atom. The third-order valence-corrected chi connectivity index (χ3v) is 9.50. The molecule has 0 spiro atoms. The summed E-state index contributed by atoms with van der Waals surface area (Å²) in [6.45, 7) is 19.1. The molecule has 0 aromatic heterocycles. The molecule has 13 N–H and O–H groups in total. The normalized spacial score (nSPS) is 13.1. The average Bonchev–Trinajstić information content (AvgIpc) is 3.22. The van der Waals surface area contributed by atoms with Crippen LogP contribution in [0.25, 0.3) is 0 Å². The Bertz CT molecular complexity index is 1480. The number of carbonyl (C=O) groups is 10. The van der Waals surface area contributed by atoms with Crippen LogP contribution >= 0.6 is 0 Å². The maximum absolute atomic E-state index is 12.7. The molecule has 6 amide bonds. The van der Waals surface area contributed by atoms with Crippen LogP contribution in [0.2, 0.25) is 0 Å². The van der Waals surface area contributed by atoms with E-state index in [-0.39, 0.29) is 57.8 Å². The number of carboxylic acids is 2. The smallest absolute Gasteiger partial charge is 0.305 e. The number of rotatable bonds is 36. The van der Waals surface area contributed by atoms with E-state index < -0.39 is 83.6 Å². The zero-order valence-electron chi connectivity index (χ0n) is 39.6. The average molecular weight is 954 g/mol. The van der Waals surface area contributed by atoms with Crippen LogP contribution in [-0.2, 0) is 47.9 Å². The minimum atomic E-state index is -1.27. The number of nitrogens with one attached hydrogen (secondary N) is 8. The fourth-order valence-electron chi connectivity index (χ4n) is 6.06. The van der Waals surface area contributed by atoms with E-state index in [0.29, 0.717) is 88.7 Å². The lowest BCUT2D eigenvalue weighted by atomic mass is 10.0. The third-order valence-electron chi connectivity index (χ3n) is 9.50. The highest BCUT2D eigenvalue weighted by Crippen LogP contribution is 2.09. The molecule has 6 atom stereocenters. The summed E-state index contributed by atoms with van der Waals surface area (Å²) < 4.78 is 0. The van der Waals surface area contributed by atoms with Crippen LogP contribution in [0.5, 0.6) is 0 Å². The second kappa shape index (κ2) is 37.9. The highest BCUT2D eigenvalue weighted by Gasteiger charge is 2.26. The Morgan fingerprint density at radius 2 is 0.910 bits per heavy atom. The van der Waals surface area contributed by atoms with Gasteiger partial charge in [0, 0.05) is 63.2 Å². The van der Waals surface area contributed by atoms with Crippen LogP contribution in [0.4, 0.5) is 0 Å². The van der Waals surface area contributed by atoms with E-state index in [1.165, 1.54) is 0 Å². The molecule has 22 heteroatoms. The summed E-state index contributed by atoms with van der Waals surface area (Å²) in [5.74, 6) is -4.27. The summed E-state index contributed by atoms with van der Waals surface area (Å²) in [6.07, 6.45) is 3.72. The highest BCUT2D eigenvalue weighted by atomic mass is 16.4. The van der Waals surface area contributed by atoms with Gasteiger partial charge in [0.2, 0.25) is 35.4 Å². The first-order valence-corrected chi connectivity index (χ1v) is 22.4. The molecule has 0 aromatic rings. The van der Waals surface area contributed by atoms with Crippen LogP contribution in [-0.4, -0.2) is 114 Å². The van der Waals surface area contributed by atoms with Crippen molar-refractivity contribution in [2.24, 2.45) is 23.3 Å². The molecule has 0 aromatic carbocycles. The van der Waals surface area contributed by atoms with Crippen molar-refractivity contribution in [1.82, 2.24) is 42.5 Å². The van der Waals surface area contributed by atoms with Gasteiger partial charge in [-0.15, -0.1) is 0 Å². The Kier molecular flexibility index (Phi) is 36.8. The van der Waals surface area contributed by atoms with E-state index in [2.05, 4.69) is 55.7 Å². The summed E-state index contributed by atoms with van der Waals surface area (Å²) in [7, 11) is 0. The quantitative estimate of drug-likeness (QED) is 0.0281. The van der Waals surface area contributed by atoms with Gasteiger partial charge in [0.15, 0.2) is 0 Å². The molecule has 0 aliphatic carbocycles. The fraction of sp³-hybridized carbons (Fsp3) is 0.689. The number of carbonyl (C=O) groups excluding carboxylic acids is 9. The number of hydrogen-bond acceptors (Lipinski definition) is 15. The van der Waals surface area contributed by atoms with E-state index in [0.717, 1.165) is 0 Å². The first kappa shape index (κ1) is 65.1. The SMILES string of the molecule is C.C=C(N)NCCCC(C=O)NC(=O)C(CC(C)C)NC(=O)CCC(=O)NC(CC)CC(=O)O.C=C(N)NCCCC(C=O)NC(=O)C(CC(C)C)NC(=O)CCC(=O)NC(CC)CC(=O)[O-]. The molecular formula is C45H81N10O12-. The molecule has 6 unspecified atom stereocenters. The van der Waals surface area contributed by atoms with Gasteiger partial charge in [-0.3, -0.25) is 33.6 Å². The van der Waals surface area contributed by atoms with E-state index in [9.17, 15) is 53.1 Å². The number of nitrogens with two attached hydrogens (primary N) is 2. The third kappa shape index (κ3) is 36.7. The van der Waals surface area contributed by atoms with Gasteiger partial charge >= 0.3 is 5.97 Å². The van der Waals surface area contributed by atoms with Gasteiger partial charge in [0.1, 0.15) is 24.7 Å². The van der Waals surface area contributed by atoms with Gasteiger partial charge in [-0.25, -0.2) is 0 Å². The monoisotopic (exact) mass is 954 g/mol. The molecule has 22 nitrogen and oxygen atoms in total. The summed E-state index contributed by atoms with van der Waals surface area (Å²) in [5, 5.41) is 40.9. The molecule has 67 heavy (non-hydrogen) atoms. The second-order valence-electron chi connectivity index (χ2n) is 16.7. The van der Waals surface area contributed by atoms with Gasteiger partial charge in [-0.2, -0.15) is 0 Å². The molecule has 0 aliphatic rings. The highest BCUT2D eigenvalue weighted by molar-refractivity contribution is 5.91. The summed E-state index contributed by atoms with van der Waals surface area (Å²) in [5.41, 5.74) is 10.8. The van der Waals surface area contributed by atoms with Crippen LogP contribution < -0.4 is 59.1 Å². The largest absolute Gasteiger partial charge is 0.550 e. The van der Waals surface area contributed by atoms with Crippen molar-refractivity contribution in [3.8, 4) is 0 Å². The van der Waals surface area contributed by atoms with Crippen LogP contribution in [0, 0.1) is 11.8 Å². The van der Waals surface area contributed by atoms with Crippen molar-refractivity contribution < 1.29 is 58.2 Å². The van der Waals surface area contributed by atoms with Crippen molar-refractivity contribution in [3.63, 3.8) is 0 Å². The molecule has 0 heterocycles. The lowest BCUT2D eigenvalue weighted by molar-refractivity contribution is -0.306. The summed E-state index contributed by atoms with van der Waals surface area (Å²) in [6, 6.07) is -4.19. The Balaban J connectivity index is -0.00000120. The topological polar surface area (TPSA) is 362 Å². The first-order valence-electron chi connectivity index (χ1n) is 22.4. The van der Waals surface area contributed by atoms with Crippen LogP contribution in [0.3, 0.4) is 0 Å². The van der Waals surface area contributed by atoms with E-state index >= 15 is 0 Å². The maximum atomic E-state index is 12.7. The Morgan fingerprint density at radius 1 is 0.582 bits per heavy atom. The van der Waals surface area contributed by atoms with Crippen molar-refractivity contribution in [1.29, 1.82) is 0 Å². The summed E-state index contributed by atoms with van der Waals surface area (Å²) in [4.78, 5) is 118. The predicted octanol–water partition coefficient (Wildman–Crippen LogP) is -0.398. The van der Waals surface area contributed by atoms with Gasteiger partial charge < -0.3 is 78.6 Å². The molecule has 0 fully saturated rings. The van der Waals surface area contributed by atoms with Gasteiger partial charge in [0.25, 0.3) is 0 Å². The zero-order valence-corrected chi connectivity index (χ0v) is 39.6. The minimum Gasteiger partial charge on any atom is -0.550 e.